The lowest BCUT2D eigenvalue weighted by molar-refractivity contribution is 0.0888. The molecule has 0 aromatic heterocycles. The third-order valence-corrected chi connectivity index (χ3v) is 4.82. The van der Waals surface area contributed by atoms with Gasteiger partial charge in [0.1, 0.15) is 0 Å². The van der Waals surface area contributed by atoms with Crippen molar-refractivity contribution in [2.45, 2.75) is 45.6 Å². The molecule has 0 spiro atoms. The second kappa shape index (κ2) is 6.58. The average molecular weight is 333 g/mol. The molecule has 1 aromatic carbocycles. The standard InChI is InChI=1S/C14H19BrClNO/c1-4-14(5-2,6-3)17-13(18)10-7-8-11(15)12(16)9-10/h7-9H,4-6H2,1-3H3,(H,17,18). The summed E-state index contributed by atoms with van der Waals surface area (Å²) in [5, 5.41) is 3.68. The van der Waals surface area contributed by atoms with E-state index in [0.717, 1.165) is 23.7 Å². The Hall–Kier alpha value is -0.540. The lowest BCUT2D eigenvalue weighted by atomic mass is 9.89. The van der Waals surface area contributed by atoms with Crippen LogP contribution in [0.5, 0.6) is 0 Å². The maximum atomic E-state index is 12.2. The normalized spacial score (nSPS) is 11.4. The van der Waals surface area contributed by atoms with Crippen LogP contribution in [0.3, 0.4) is 0 Å². The van der Waals surface area contributed by atoms with Gasteiger partial charge in [-0.3, -0.25) is 4.79 Å². The fourth-order valence-corrected chi connectivity index (χ4v) is 2.39. The van der Waals surface area contributed by atoms with Gasteiger partial charge >= 0.3 is 0 Å². The van der Waals surface area contributed by atoms with Crippen molar-refractivity contribution in [1.29, 1.82) is 0 Å². The molecule has 4 heteroatoms. The summed E-state index contributed by atoms with van der Waals surface area (Å²) in [7, 11) is 0. The molecule has 1 rings (SSSR count). The molecule has 0 aliphatic rings. The molecule has 2 nitrogen and oxygen atoms in total. The number of nitrogens with one attached hydrogen (secondary N) is 1. The monoisotopic (exact) mass is 331 g/mol. The van der Waals surface area contributed by atoms with Crippen molar-refractivity contribution in [2.75, 3.05) is 0 Å². The van der Waals surface area contributed by atoms with Gasteiger partial charge in [-0.2, -0.15) is 0 Å². The van der Waals surface area contributed by atoms with Crippen molar-refractivity contribution in [3.05, 3.63) is 33.3 Å². The molecule has 0 saturated carbocycles. The predicted octanol–water partition coefficient (Wildman–Crippen LogP) is 4.80. The van der Waals surface area contributed by atoms with E-state index in [-0.39, 0.29) is 11.4 Å². The highest BCUT2D eigenvalue weighted by Gasteiger charge is 2.26. The molecule has 1 N–H and O–H groups in total. The molecule has 100 valence electrons. The number of hydrogen-bond donors (Lipinski definition) is 1. The molecule has 0 heterocycles. The fraction of sp³-hybridized carbons (Fsp3) is 0.500. The smallest absolute Gasteiger partial charge is 0.251 e. The molecule has 0 aliphatic heterocycles. The van der Waals surface area contributed by atoms with Gasteiger partial charge in [0.15, 0.2) is 0 Å². The van der Waals surface area contributed by atoms with E-state index in [4.69, 9.17) is 11.6 Å². The summed E-state index contributed by atoms with van der Waals surface area (Å²) in [5.41, 5.74) is 0.485. The Bertz CT molecular complexity index is 422. The van der Waals surface area contributed by atoms with Gasteiger partial charge in [-0.25, -0.2) is 0 Å². The highest BCUT2D eigenvalue weighted by molar-refractivity contribution is 9.10. The molecule has 18 heavy (non-hydrogen) atoms. The lowest BCUT2D eigenvalue weighted by Crippen LogP contribution is -2.47. The van der Waals surface area contributed by atoms with Crippen LogP contribution >= 0.6 is 27.5 Å². The summed E-state index contributed by atoms with van der Waals surface area (Å²) in [6.45, 7) is 6.30. The van der Waals surface area contributed by atoms with Crippen LogP contribution in [0.15, 0.2) is 22.7 Å². The van der Waals surface area contributed by atoms with Crippen molar-refractivity contribution in [1.82, 2.24) is 5.32 Å². The molecule has 0 radical (unpaired) electrons. The van der Waals surface area contributed by atoms with Crippen LogP contribution in [0.25, 0.3) is 0 Å². The Kier molecular flexibility index (Phi) is 5.67. The maximum absolute atomic E-state index is 12.2. The van der Waals surface area contributed by atoms with Crippen LogP contribution < -0.4 is 5.32 Å². The van der Waals surface area contributed by atoms with Crippen LogP contribution in [0.1, 0.15) is 50.4 Å². The number of halogens is 2. The Labute approximate surface area is 122 Å². The van der Waals surface area contributed by atoms with E-state index in [9.17, 15) is 4.79 Å². The van der Waals surface area contributed by atoms with E-state index in [1.54, 1.807) is 18.2 Å². The molecule has 0 unspecified atom stereocenters. The zero-order chi connectivity index (χ0) is 13.8. The largest absolute Gasteiger partial charge is 0.347 e. The topological polar surface area (TPSA) is 29.1 Å². The predicted molar refractivity (Wildman–Crippen MR) is 80.2 cm³/mol. The second-order valence-electron chi connectivity index (χ2n) is 4.42. The molecule has 1 amide bonds. The van der Waals surface area contributed by atoms with Crippen LogP contribution in [0.2, 0.25) is 5.02 Å². The maximum Gasteiger partial charge on any atom is 0.251 e. The summed E-state index contributed by atoms with van der Waals surface area (Å²) in [6, 6.07) is 5.26. The summed E-state index contributed by atoms with van der Waals surface area (Å²) in [5.74, 6) is -0.0602. The molecular weight excluding hydrogens is 314 g/mol. The molecule has 0 bridgehead atoms. The minimum absolute atomic E-state index is 0.0602. The minimum Gasteiger partial charge on any atom is -0.347 e. The number of carbonyl (C=O) groups is 1. The minimum atomic E-state index is -0.114. The SMILES string of the molecule is CCC(CC)(CC)NC(=O)c1ccc(Br)c(Cl)c1. The first kappa shape index (κ1) is 15.5. The van der Waals surface area contributed by atoms with E-state index in [1.165, 1.54) is 0 Å². The third kappa shape index (κ3) is 3.48. The van der Waals surface area contributed by atoms with Gasteiger partial charge in [0.05, 0.1) is 5.02 Å². The van der Waals surface area contributed by atoms with Gasteiger partial charge in [-0.15, -0.1) is 0 Å². The highest BCUT2D eigenvalue weighted by atomic mass is 79.9. The van der Waals surface area contributed by atoms with Crippen molar-refractivity contribution in [3.8, 4) is 0 Å². The van der Waals surface area contributed by atoms with Crippen LogP contribution in [-0.4, -0.2) is 11.4 Å². The first-order valence-electron chi connectivity index (χ1n) is 6.25. The van der Waals surface area contributed by atoms with Gasteiger partial charge < -0.3 is 5.32 Å². The summed E-state index contributed by atoms with van der Waals surface area (Å²) in [6.07, 6.45) is 2.78. The zero-order valence-corrected chi connectivity index (χ0v) is 13.4. The Morgan fingerprint density at radius 3 is 2.28 bits per heavy atom. The van der Waals surface area contributed by atoms with Gasteiger partial charge in [0.2, 0.25) is 0 Å². The van der Waals surface area contributed by atoms with Crippen LogP contribution in [-0.2, 0) is 0 Å². The summed E-state index contributed by atoms with van der Waals surface area (Å²) >= 11 is 9.32. The van der Waals surface area contributed by atoms with E-state index in [2.05, 4.69) is 42.0 Å². The number of benzene rings is 1. The zero-order valence-electron chi connectivity index (χ0n) is 11.0. The number of hydrogen-bond acceptors (Lipinski definition) is 1. The van der Waals surface area contributed by atoms with E-state index >= 15 is 0 Å². The third-order valence-electron chi connectivity index (χ3n) is 3.59. The first-order valence-corrected chi connectivity index (χ1v) is 7.42. The lowest BCUT2D eigenvalue weighted by Gasteiger charge is -2.31. The molecule has 1 aromatic rings. The van der Waals surface area contributed by atoms with E-state index < -0.39 is 0 Å². The van der Waals surface area contributed by atoms with Gasteiger partial charge in [0, 0.05) is 15.6 Å². The fourth-order valence-electron chi connectivity index (χ4n) is 1.97. The van der Waals surface area contributed by atoms with E-state index in [1.807, 2.05) is 0 Å². The number of carbonyl (C=O) groups excluding carboxylic acids is 1. The first-order chi connectivity index (χ1) is 8.48. The molecule has 0 fully saturated rings. The Morgan fingerprint density at radius 1 is 1.28 bits per heavy atom. The van der Waals surface area contributed by atoms with Crippen LogP contribution in [0, 0.1) is 0 Å². The molecule has 0 atom stereocenters. The van der Waals surface area contributed by atoms with Gasteiger partial charge in [-0.1, -0.05) is 32.4 Å². The van der Waals surface area contributed by atoms with Crippen molar-refractivity contribution in [2.24, 2.45) is 0 Å². The second-order valence-corrected chi connectivity index (χ2v) is 5.69. The van der Waals surface area contributed by atoms with Gasteiger partial charge in [-0.05, 0) is 53.4 Å². The average Bonchev–Trinajstić information content (AvgIpc) is 2.39. The van der Waals surface area contributed by atoms with Crippen molar-refractivity contribution >= 4 is 33.4 Å². The molecule has 0 aliphatic carbocycles. The number of amides is 1. The van der Waals surface area contributed by atoms with E-state index in [0.29, 0.717) is 10.6 Å². The van der Waals surface area contributed by atoms with Crippen molar-refractivity contribution < 1.29 is 4.79 Å². The number of rotatable bonds is 5. The molecular formula is C14H19BrClNO. The summed E-state index contributed by atoms with van der Waals surface area (Å²) in [4.78, 5) is 12.2. The highest BCUT2D eigenvalue weighted by Crippen LogP contribution is 2.24. The molecule has 0 saturated heterocycles. The summed E-state index contributed by atoms with van der Waals surface area (Å²) < 4.78 is 0.799. The van der Waals surface area contributed by atoms with Gasteiger partial charge in [0.25, 0.3) is 5.91 Å². The van der Waals surface area contributed by atoms with Crippen molar-refractivity contribution in [3.63, 3.8) is 0 Å². The van der Waals surface area contributed by atoms with Crippen LogP contribution in [0.4, 0.5) is 0 Å². The Morgan fingerprint density at radius 2 is 1.83 bits per heavy atom. The Balaban J connectivity index is 2.90. The quantitative estimate of drug-likeness (QED) is 0.824.